The van der Waals surface area contributed by atoms with Gasteiger partial charge in [-0.25, -0.2) is 0 Å². The third-order valence-electron chi connectivity index (χ3n) is 4.75. The Morgan fingerprint density at radius 2 is 1.74 bits per heavy atom. The van der Waals surface area contributed by atoms with Crippen LogP contribution in [0.4, 0.5) is 5.69 Å². The lowest BCUT2D eigenvalue weighted by molar-refractivity contribution is -0.126. The van der Waals surface area contributed by atoms with E-state index in [-0.39, 0.29) is 24.2 Å². The van der Waals surface area contributed by atoms with Gasteiger partial charge in [-0.2, -0.15) is 0 Å². The molecule has 5 heteroatoms. The molecule has 1 amide bonds. The number of nitrogens with zero attached hydrogens (tertiary/aromatic N) is 1. The maximum atomic E-state index is 12.6. The Bertz CT molecular complexity index is 723. The van der Waals surface area contributed by atoms with E-state index in [0.29, 0.717) is 6.61 Å². The van der Waals surface area contributed by atoms with Gasteiger partial charge in [0.1, 0.15) is 12.4 Å². The van der Waals surface area contributed by atoms with Crippen LogP contribution in [-0.2, 0) is 16.1 Å². The van der Waals surface area contributed by atoms with Gasteiger partial charge in [-0.3, -0.25) is 9.69 Å². The molecule has 1 aliphatic rings. The van der Waals surface area contributed by atoms with Crippen LogP contribution in [0.2, 0.25) is 0 Å². The summed E-state index contributed by atoms with van der Waals surface area (Å²) in [5.74, 6) is 0.773. The standard InChI is InChI=1S/C22H28N2O3/c1-16-13-24(14-17(2)27-16)18(3)22(25)23-20-9-11-21(12-10-20)26-15-19-7-5-4-6-8-19/h4-12,16-18H,13-15H2,1-3H3,(H,23,25)/t16-,17+,18-/m1/s1. The van der Waals surface area contributed by atoms with Crippen molar-refractivity contribution in [2.45, 2.75) is 45.6 Å². The molecule has 0 aliphatic carbocycles. The zero-order valence-corrected chi connectivity index (χ0v) is 16.2. The van der Waals surface area contributed by atoms with E-state index in [9.17, 15) is 4.79 Å². The van der Waals surface area contributed by atoms with E-state index in [1.165, 1.54) is 0 Å². The molecule has 27 heavy (non-hydrogen) atoms. The number of hydrogen-bond acceptors (Lipinski definition) is 4. The summed E-state index contributed by atoms with van der Waals surface area (Å²) in [6.45, 7) is 8.09. The van der Waals surface area contributed by atoms with Crippen molar-refractivity contribution < 1.29 is 14.3 Å². The van der Waals surface area contributed by atoms with Gasteiger partial charge in [0.2, 0.25) is 5.91 Å². The summed E-state index contributed by atoms with van der Waals surface area (Å²) in [6.07, 6.45) is 0.287. The normalized spacial score (nSPS) is 21.4. The number of hydrogen-bond donors (Lipinski definition) is 1. The zero-order chi connectivity index (χ0) is 19.2. The molecule has 3 rings (SSSR count). The number of benzene rings is 2. The summed E-state index contributed by atoms with van der Waals surface area (Å²) in [5, 5.41) is 2.99. The highest BCUT2D eigenvalue weighted by Gasteiger charge is 2.29. The van der Waals surface area contributed by atoms with Crippen molar-refractivity contribution >= 4 is 11.6 Å². The molecule has 1 fully saturated rings. The first kappa shape index (κ1) is 19.4. The molecule has 1 N–H and O–H groups in total. The molecule has 0 aromatic heterocycles. The Morgan fingerprint density at radius 1 is 1.11 bits per heavy atom. The van der Waals surface area contributed by atoms with Gasteiger partial charge in [0.05, 0.1) is 18.2 Å². The Kier molecular flexibility index (Phi) is 6.48. The second-order valence-electron chi connectivity index (χ2n) is 7.18. The average molecular weight is 368 g/mol. The molecule has 2 aromatic rings. The third kappa shape index (κ3) is 5.55. The highest BCUT2D eigenvalue weighted by molar-refractivity contribution is 5.94. The number of rotatable bonds is 6. The SMILES string of the molecule is C[C@@H]1CN([C@H](C)C(=O)Nc2ccc(OCc3ccccc3)cc2)C[C@H](C)O1. The van der Waals surface area contributed by atoms with E-state index in [1.54, 1.807) is 0 Å². The van der Waals surface area contributed by atoms with Gasteiger partial charge in [0.25, 0.3) is 0 Å². The molecule has 1 saturated heterocycles. The van der Waals surface area contributed by atoms with Crippen LogP contribution in [0.25, 0.3) is 0 Å². The van der Waals surface area contributed by atoms with E-state index in [0.717, 1.165) is 30.1 Å². The first-order chi connectivity index (χ1) is 13.0. The van der Waals surface area contributed by atoms with Crippen molar-refractivity contribution in [2.24, 2.45) is 0 Å². The first-order valence-corrected chi connectivity index (χ1v) is 9.48. The minimum absolute atomic E-state index is 0.00532. The molecule has 0 unspecified atom stereocenters. The van der Waals surface area contributed by atoms with E-state index in [2.05, 4.69) is 10.2 Å². The molecular weight excluding hydrogens is 340 g/mol. The van der Waals surface area contributed by atoms with Crippen molar-refractivity contribution in [1.29, 1.82) is 0 Å². The predicted molar refractivity (Wildman–Crippen MR) is 107 cm³/mol. The zero-order valence-electron chi connectivity index (χ0n) is 16.2. The molecule has 3 atom stereocenters. The second kappa shape index (κ2) is 9.02. The van der Waals surface area contributed by atoms with Crippen LogP contribution in [0.3, 0.4) is 0 Å². The fraction of sp³-hybridized carbons (Fsp3) is 0.409. The lowest BCUT2D eigenvalue weighted by Crippen LogP contribution is -2.52. The minimum atomic E-state index is -0.201. The maximum Gasteiger partial charge on any atom is 0.241 e. The Labute approximate surface area is 161 Å². The highest BCUT2D eigenvalue weighted by atomic mass is 16.5. The van der Waals surface area contributed by atoms with Gasteiger partial charge < -0.3 is 14.8 Å². The third-order valence-corrected chi connectivity index (χ3v) is 4.75. The summed E-state index contributed by atoms with van der Waals surface area (Å²) in [6, 6.07) is 17.3. The van der Waals surface area contributed by atoms with Crippen LogP contribution >= 0.6 is 0 Å². The topological polar surface area (TPSA) is 50.8 Å². The van der Waals surface area contributed by atoms with Gasteiger partial charge in [-0.1, -0.05) is 30.3 Å². The molecule has 1 aliphatic heterocycles. The van der Waals surface area contributed by atoms with Gasteiger partial charge in [0.15, 0.2) is 0 Å². The number of carbonyl (C=O) groups excluding carboxylic acids is 1. The second-order valence-corrected chi connectivity index (χ2v) is 7.18. The predicted octanol–water partition coefficient (Wildman–Crippen LogP) is 3.70. The fourth-order valence-corrected chi connectivity index (χ4v) is 3.32. The van der Waals surface area contributed by atoms with Crippen LogP contribution in [-0.4, -0.2) is 42.1 Å². The lowest BCUT2D eigenvalue weighted by atomic mass is 10.1. The van der Waals surface area contributed by atoms with E-state index in [1.807, 2.05) is 75.4 Å². The van der Waals surface area contributed by atoms with Crippen molar-refractivity contribution in [1.82, 2.24) is 4.90 Å². The quantitative estimate of drug-likeness (QED) is 0.845. The molecule has 1 heterocycles. The van der Waals surface area contributed by atoms with Crippen molar-refractivity contribution in [2.75, 3.05) is 18.4 Å². The number of morpholine rings is 1. The monoisotopic (exact) mass is 368 g/mol. The number of nitrogens with one attached hydrogen (secondary N) is 1. The molecule has 5 nitrogen and oxygen atoms in total. The number of anilines is 1. The van der Waals surface area contributed by atoms with Crippen molar-refractivity contribution in [3.63, 3.8) is 0 Å². The van der Waals surface area contributed by atoms with Crippen LogP contribution < -0.4 is 10.1 Å². The molecule has 0 spiro atoms. The molecule has 2 aromatic carbocycles. The maximum absolute atomic E-state index is 12.6. The van der Waals surface area contributed by atoms with Gasteiger partial charge in [-0.15, -0.1) is 0 Å². The van der Waals surface area contributed by atoms with E-state index < -0.39 is 0 Å². The van der Waals surface area contributed by atoms with Gasteiger partial charge >= 0.3 is 0 Å². The summed E-state index contributed by atoms with van der Waals surface area (Å²) in [4.78, 5) is 14.8. The number of carbonyl (C=O) groups is 1. The highest BCUT2D eigenvalue weighted by Crippen LogP contribution is 2.19. The lowest BCUT2D eigenvalue weighted by Gasteiger charge is -2.38. The van der Waals surface area contributed by atoms with E-state index in [4.69, 9.17) is 9.47 Å². The van der Waals surface area contributed by atoms with Crippen molar-refractivity contribution in [3.8, 4) is 5.75 Å². The van der Waals surface area contributed by atoms with Crippen LogP contribution in [0.15, 0.2) is 54.6 Å². The van der Waals surface area contributed by atoms with Gasteiger partial charge in [-0.05, 0) is 50.6 Å². The smallest absolute Gasteiger partial charge is 0.241 e. The molecule has 0 saturated carbocycles. The summed E-state index contributed by atoms with van der Waals surface area (Å²) >= 11 is 0. The molecule has 0 radical (unpaired) electrons. The van der Waals surface area contributed by atoms with Gasteiger partial charge in [0, 0.05) is 18.8 Å². The Morgan fingerprint density at radius 3 is 2.37 bits per heavy atom. The number of amides is 1. The summed E-state index contributed by atoms with van der Waals surface area (Å²) in [7, 11) is 0. The average Bonchev–Trinajstić information content (AvgIpc) is 2.67. The first-order valence-electron chi connectivity index (χ1n) is 9.48. The fourth-order valence-electron chi connectivity index (χ4n) is 3.32. The Balaban J connectivity index is 1.52. The summed E-state index contributed by atoms with van der Waals surface area (Å²) < 4.78 is 11.5. The summed E-state index contributed by atoms with van der Waals surface area (Å²) in [5.41, 5.74) is 1.89. The largest absolute Gasteiger partial charge is 0.489 e. The molecule has 0 bridgehead atoms. The van der Waals surface area contributed by atoms with Crippen LogP contribution in [0, 0.1) is 0 Å². The van der Waals surface area contributed by atoms with Crippen LogP contribution in [0.1, 0.15) is 26.3 Å². The minimum Gasteiger partial charge on any atom is -0.489 e. The molecule has 144 valence electrons. The molecular formula is C22H28N2O3. The number of ether oxygens (including phenoxy) is 2. The van der Waals surface area contributed by atoms with Crippen molar-refractivity contribution in [3.05, 3.63) is 60.2 Å². The van der Waals surface area contributed by atoms with Crippen LogP contribution in [0.5, 0.6) is 5.75 Å². The van der Waals surface area contributed by atoms with E-state index >= 15 is 0 Å². The Hall–Kier alpha value is -2.37.